The fourth-order valence-electron chi connectivity index (χ4n) is 2.87. The number of nitro benzene ring substituents is 1. The molecule has 4 aromatic rings. The van der Waals surface area contributed by atoms with Crippen molar-refractivity contribution >= 4 is 31.0 Å². The average Bonchev–Trinajstić information content (AvgIpc) is 2.86. The van der Waals surface area contributed by atoms with E-state index in [0.717, 1.165) is 0 Å². The van der Waals surface area contributed by atoms with Gasteiger partial charge in [-0.25, -0.2) is 16.8 Å². The van der Waals surface area contributed by atoms with Crippen LogP contribution in [0.3, 0.4) is 0 Å². The normalized spacial score (nSPS) is 10.9. The lowest BCUT2D eigenvalue weighted by Crippen LogP contribution is -2.01. The number of nitrogens with zero attached hydrogens (tertiary/aromatic N) is 1. The summed E-state index contributed by atoms with van der Waals surface area (Å²) in [5, 5.41) is 10.5. The number of nitrogen functional groups attached to an aromatic ring is 1. The third-order valence-electron chi connectivity index (χ3n) is 4.66. The average molecular weight is 513 g/mol. The van der Waals surface area contributed by atoms with E-state index in [0.29, 0.717) is 10.6 Å². The Bertz CT molecular complexity index is 1470. The van der Waals surface area contributed by atoms with Crippen LogP contribution in [0.1, 0.15) is 7.43 Å². The van der Waals surface area contributed by atoms with E-state index >= 15 is 0 Å². The van der Waals surface area contributed by atoms with E-state index in [2.05, 4.69) is 0 Å². The summed E-state index contributed by atoms with van der Waals surface area (Å²) in [5.41, 5.74) is 5.92. The van der Waals surface area contributed by atoms with Gasteiger partial charge in [0.15, 0.2) is 0 Å². The maximum Gasteiger partial charge on any atom is 0.269 e. The van der Waals surface area contributed by atoms with Gasteiger partial charge in [0.1, 0.15) is 0 Å². The molecular weight excluding hydrogens is 488 g/mol. The van der Waals surface area contributed by atoms with Crippen LogP contribution in [0.4, 0.5) is 11.4 Å². The molecule has 0 heterocycles. The first-order valence-corrected chi connectivity index (χ1v) is 12.8. The minimum atomic E-state index is -3.60. The third kappa shape index (κ3) is 6.52. The van der Waals surface area contributed by atoms with Gasteiger partial charge in [-0.1, -0.05) is 43.8 Å². The maximum atomic E-state index is 12.1. The second-order valence-corrected chi connectivity index (χ2v) is 10.9. The van der Waals surface area contributed by atoms with Gasteiger partial charge in [0.25, 0.3) is 5.69 Å². The lowest BCUT2D eigenvalue weighted by Gasteiger charge is -2.04. The van der Waals surface area contributed by atoms with Crippen molar-refractivity contribution in [3.63, 3.8) is 0 Å². The van der Waals surface area contributed by atoms with Crippen LogP contribution in [0.5, 0.6) is 0 Å². The number of hydrogen-bond donors (Lipinski definition) is 1. The molecule has 35 heavy (non-hydrogen) atoms. The molecule has 0 aliphatic rings. The van der Waals surface area contributed by atoms with Crippen LogP contribution in [-0.4, -0.2) is 21.8 Å². The number of benzene rings is 4. The third-order valence-corrected chi connectivity index (χ3v) is 8.23. The van der Waals surface area contributed by atoms with Crippen LogP contribution >= 0.6 is 0 Å². The highest BCUT2D eigenvalue weighted by atomic mass is 32.2. The summed E-state index contributed by atoms with van der Waals surface area (Å²) in [5.74, 6) is 0. The van der Waals surface area contributed by atoms with Crippen molar-refractivity contribution in [2.24, 2.45) is 0 Å². The van der Waals surface area contributed by atoms with Gasteiger partial charge in [-0.05, 0) is 60.7 Å². The second-order valence-electron chi connectivity index (χ2n) is 6.95. The molecule has 0 amide bonds. The monoisotopic (exact) mass is 512 g/mol. The number of hydrogen-bond acceptors (Lipinski definition) is 7. The van der Waals surface area contributed by atoms with Gasteiger partial charge in [-0.3, -0.25) is 10.1 Å². The first kappa shape index (κ1) is 27.2. The predicted octanol–water partition coefficient (Wildman–Crippen LogP) is 5.17. The minimum Gasteiger partial charge on any atom is -0.399 e. The zero-order valence-corrected chi connectivity index (χ0v) is 19.3. The van der Waals surface area contributed by atoms with Crippen molar-refractivity contribution in [2.45, 2.75) is 27.0 Å². The van der Waals surface area contributed by atoms with E-state index < -0.39 is 24.6 Å². The van der Waals surface area contributed by atoms with E-state index in [9.17, 15) is 26.9 Å². The van der Waals surface area contributed by atoms with Crippen molar-refractivity contribution < 1.29 is 21.8 Å². The van der Waals surface area contributed by atoms with Gasteiger partial charge in [-0.15, -0.1) is 0 Å². The number of nitro groups is 1. The van der Waals surface area contributed by atoms with E-state index in [1.807, 2.05) is 0 Å². The Morgan fingerprint density at radius 3 is 1.20 bits per heavy atom. The van der Waals surface area contributed by atoms with Gasteiger partial charge < -0.3 is 5.73 Å². The summed E-state index contributed by atoms with van der Waals surface area (Å²) in [4.78, 5) is 10.7. The molecule has 0 atom stereocenters. The summed E-state index contributed by atoms with van der Waals surface area (Å²) < 4.78 is 48.5. The quantitative estimate of drug-likeness (QED) is 0.221. The van der Waals surface area contributed by atoms with Gasteiger partial charge in [0.2, 0.25) is 19.7 Å². The lowest BCUT2D eigenvalue weighted by molar-refractivity contribution is -0.384. The van der Waals surface area contributed by atoms with Gasteiger partial charge >= 0.3 is 0 Å². The Labute approximate surface area is 204 Å². The standard InChI is InChI=1S/C12H9NO4S.C12H11NO2S.CH4/c14-13(15)10-6-8-12(9-7-10)18(16,17)11-4-2-1-3-5-11;13-10-6-8-12(9-7-10)16(14,15)11-4-2-1-3-5-11;/h1-9H;1-9H,13H2;1H4. The van der Waals surface area contributed by atoms with Crippen LogP contribution < -0.4 is 5.73 Å². The molecule has 0 radical (unpaired) electrons. The van der Waals surface area contributed by atoms with Gasteiger partial charge in [0, 0.05) is 17.8 Å². The summed E-state index contributed by atoms with van der Waals surface area (Å²) in [6.07, 6.45) is 0. The Morgan fingerprint density at radius 2 is 0.857 bits per heavy atom. The SMILES string of the molecule is C.Nc1ccc(S(=O)(=O)c2ccccc2)cc1.O=[N+]([O-])c1ccc(S(=O)(=O)c2ccccc2)cc1. The molecule has 0 bridgehead atoms. The van der Waals surface area contributed by atoms with E-state index in [1.165, 1.54) is 48.5 Å². The molecule has 8 nitrogen and oxygen atoms in total. The molecule has 0 aliphatic heterocycles. The summed E-state index contributed by atoms with van der Waals surface area (Å²) in [6.45, 7) is 0. The van der Waals surface area contributed by atoms with E-state index in [1.54, 1.807) is 60.7 Å². The smallest absolute Gasteiger partial charge is 0.269 e. The van der Waals surface area contributed by atoms with Crippen LogP contribution in [-0.2, 0) is 19.7 Å². The topological polar surface area (TPSA) is 137 Å². The maximum absolute atomic E-state index is 12.1. The van der Waals surface area contributed by atoms with Gasteiger partial charge in [-0.2, -0.15) is 0 Å². The molecule has 0 saturated carbocycles. The lowest BCUT2D eigenvalue weighted by atomic mass is 10.3. The molecule has 0 fully saturated rings. The molecule has 0 aromatic heterocycles. The zero-order valence-electron chi connectivity index (χ0n) is 17.7. The van der Waals surface area contributed by atoms with Crippen LogP contribution in [0.2, 0.25) is 0 Å². The predicted molar refractivity (Wildman–Crippen MR) is 134 cm³/mol. The molecule has 4 aromatic carbocycles. The number of non-ortho nitro benzene ring substituents is 1. The minimum absolute atomic E-state index is 0. The van der Waals surface area contributed by atoms with Crippen molar-refractivity contribution in [3.05, 3.63) is 119 Å². The van der Waals surface area contributed by atoms with Crippen LogP contribution in [0.25, 0.3) is 0 Å². The highest BCUT2D eigenvalue weighted by Crippen LogP contribution is 2.23. The van der Waals surface area contributed by atoms with Crippen molar-refractivity contribution in [1.82, 2.24) is 0 Å². The van der Waals surface area contributed by atoms with Crippen molar-refractivity contribution in [1.29, 1.82) is 0 Å². The van der Waals surface area contributed by atoms with Gasteiger partial charge in [0.05, 0.1) is 24.5 Å². The largest absolute Gasteiger partial charge is 0.399 e. The molecule has 0 unspecified atom stereocenters. The molecule has 0 spiro atoms. The Morgan fingerprint density at radius 1 is 0.543 bits per heavy atom. The van der Waals surface area contributed by atoms with Crippen LogP contribution in [0, 0.1) is 10.1 Å². The van der Waals surface area contributed by atoms with Crippen molar-refractivity contribution in [2.75, 3.05) is 5.73 Å². The first-order chi connectivity index (χ1) is 16.1. The molecule has 0 aliphatic carbocycles. The summed E-state index contributed by atoms with van der Waals surface area (Å²) in [6, 6.07) is 27.3. The molecule has 0 saturated heterocycles. The molecule has 182 valence electrons. The molecular formula is C25H24N2O6S2. The zero-order chi connectivity index (χ0) is 24.8. The Balaban J connectivity index is 0.000000241. The molecule has 2 N–H and O–H groups in total. The number of anilines is 1. The highest BCUT2D eigenvalue weighted by Gasteiger charge is 2.18. The Kier molecular flexibility index (Phi) is 8.87. The van der Waals surface area contributed by atoms with E-state index in [-0.39, 0.29) is 27.8 Å². The summed E-state index contributed by atoms with van der Waals surface area (Å²) in [7, 11) is -7.02. The number of sulfone groups is 2. The second kappa shape index (κ2) is 11.4. The highest BCUT2D eigenvalue weighted by molar-refractivity contribution is 7.91. The molecule has 4 rings (SSSR count). The summed E-state index contributed by atoms with van der Waals surface area (Å²) >= 11 is 0. The Hall–Kier alpha value is -4.02. The first-order valence-electron chi connectivity index (χ1n) is 9.82. The fraction of sp³-hybridized carbons (Fsp3) is 0.0400. The fourth-order valence-corrected chi connectivity index (χ4v) is 5.43. The number of nitrogens with two attached hydrogens (primary N) is 1. The van der Waals surface area contributed by atoms with Crippen LogP contribution in [0.15, 0.2) is 129 Å². The number of rotatable bonds is 5. The molecule has 10 heteroatoms. The van der Waals surface area contributed by atoms with E-state index in [4.69, 9.17) is 5.73 Å². The van der Waals surface area contributed by atoms with Crippen molar-refractivity contribution in [3.8, 4) is 0 Å².